The third-order valence-electron chi connectivity index (χ3n) is 4.14. The van der Waals surface area contributed by atoms with Gasteiger partial charge < -0.3 is 15.0 Å². The largest absolute Gasteiger partial charge is 0.392 e. The van der Waals surface area contributed by atoms with Gasteiger partial charge in [0.1, 0.15) is 0 Å². The Labute approximate surface area is 111 Å². The molecule has 3 nitrogen and oxygen atoms in total. The van der Waals surface area contributed by atoms with Gasteiger partial charge in [-0.05, 0) is 31.4 Å². The Morgan fingerprint density at radius 1 is 1.28 bits per heavy atom. The van der Waals surface area contributed by atoms with Crippen molar-refractivity contribution in [3.63, 3.8) is 0 Å². The van der Waals surface area contributed by atoms with Crippen LogP contribution in [0, 0.1) is 19.8 Å². The second-order valence-electron chi connectivity index (χ2n) is 5.23. The van der Waals surface area contributed by atoms with E-state index in [9.17, 15) is 5.11 Å². The molecule has 0 spiro atoms. The van der Waals surface area contributed by atoms with Crippen molar-refractivity contribution < 1.29 is 5.11 Å². The number of nitrogens with zero attached hydrogens (tertiary/aromatic N) is 1. The van der Waals surface area contributed by atoms with E-state index in [-0.39, 0.29) is 6.10 Å². The summed E-state index contributed by atoms with van der Waals surface area (Å²) in [6.07, 6.45) is 1.86. The minimum absolute atomic E-state index is 0.231. The predicted molar refractivity (Wildman–Crippen MR) is 76.7 cm³/mol. The van der Waals surface area contributed by atoms with E-state index in [4.69, 9.17) is 0 Å². The molecule has 1 rings (SSSR count). The smallest absolute Gasteiger partial charge is 0.0692 e. The van der Waals surface area contributed by atoms with Crippen molar-refractivity contribution in [3.05, 3.63) is 23.0 Å². The van der Waals surface area contributed by atoms with E-state index in [0.29, 0.717) is 12.5 Å². The lowest BCUT2D eigenvalue weighted by Gasteiger charge is -2.20. The van der Waals surface area contributed by atoms with E-state index in [0.717, 1.165) is 19.4 Å². The fourth-order valence-electron chi connectivity index (χ4n) is 2.47. The summed E-state index contributed by atoms with van der Waals surface area (Å²) in [5.41, 5.74) is 3.91. The summed E-state index contributed by atoms with van der Waals surface area (Å²) in [6, 6.07) is 2.21. The molecule has 0 aliphatic heterocycles. The van der Waals surface area contributed by atoms with Gasteiger partial charge in [-0.3, -0.25) is 0 Å². The number of aliphatic hydroxyl groups excluding tert-OH is 1. The van der Waals surface area contributed by atoms with Gasteiger partial charge in [0.25, 0.3) is 0 Å². The van der Waals surface area contributed by atoms with E-state index in [1.54, 1.807) is 0 Å². The average Bonchev–Trinajstić information content (AvgIpc) is 2.59. The number of aliphatic hydroxyl groups is 1. The molecule has 3 heteroatoms. The molecule has 0 bridgehead atoms. The molecule has 0 radical (unpaired) electrons. The van der Waals surface area contributed by atoms with Crippen LogP contribution in [0.2, 0.25) is 0 Å². The molecular formula is C15H28N2O. The highest BCUT2D eigenvalue weighted by Crippen LogP contribution is 2.14. The first kappa shape index (κ1) is 15.3. The van der Waals surface area contributed by atoms with E-state index < -0.39 is 0 Å². The lowest BCUT2D eigenvalue weighted by molar-refractivity contribution is 0.101. The van der Waals surface area contributed by atoms with Gasteiger partial charge in [-0.2, -0.15) is 0 Å². The molecule has 0 saturated heterocycles. The number of aromatic nitrogens is 1. The Hall–Kier alpha value is -0.800. The zero-order valence-electron chi connectivity index (χ0n) is 12.5. The van der Waals surface area contributed by atoms with E-state index in [1.807, 2.05) is 0 Å². The molecule has 0 amide bonds. The molecule has 1 aromatic rings. The number of aryl methyl sites for hydroxylation is 1. The molecule has 18 heavy (non-hydrogen) atoms. The minimum atomic E-state index is -0.231. The quantitative estimate of drug-likeness (QED) is 0.782. The van der Waals surface area contributed by atoms with Crippen LogP contribution in [-0.2, 0) is 13.6 Å². The first-order chi connectivity index (χ1) is 8.51. The molecule has 1 heterocycles. The van der Waals surface area contributed by atoms with Gasteiger partial charge in [0.05, 0.1) is 6.10 Å². The van der Waals surface area contributed by atoms with E-state index in [2.05, 4.69) is 50.7 Å². The molecule has 1 unspecified atom stereocenters. The summed E-state index contributed by atoms with van der Waals surface area (Å²) in [7, 11) is 2.09. The lowest BCUT2D eigenvalue weighted by atomic mass is 9.96. The van der Waals surface area contributed by atoms with Crippen LogP contribution in [0.25, 0.3) is 0 Å². The standard InChI is InChI=1S/C15H28N2O/c1-6-13(7-2)15(18)10-16-9-14-8-11(3)17(5)12(14)4/h8,13,15-16,18H,6-7,9-10H2,1-5H3. The molecule has 1 atom stereocenters. The summed E-state index contributed by atoms with van der Waals surface area (Å²) in [6.45, 7) is 10.1. The van der Waals surface area contributed by atoms with Crippen LogP contribution >= 0.6 is 0 Å². The molecular weight excluding hydrogens is 224 g/mol. The Morgan fingerprint density at radius 2 is 1.89 bits per heavy atom. The molecule has 0 saturated carbocycles. The maximum atomic E-state index is 10.0. The normalized spacial score (nSPS) is 13.3. The van der Waals surface area contributed by atoms with Gasteiger partial charge in [-0.25, -0.2) is 0 Å². The van der Waals surface area contributed by atoms with Crippen molar-refractivity contribution in [2.75, 3.05) is 6.54 Å². The minimum Gasteiger partial charge on any atom is -0.392 e. The molecule has 104 valence electrons. The maximum Gasteiger partial charge on any atom is 0.0692 e. The molecule has 2 N–H and O–H groups in total. The van der Waals surface area contributed by atoms with Crippen LogP contribution in [-0.4, -0.2) is 22.3 Å². The second-order valence-corrected chi connectivity index (χ2v) is 5.23. The van der Waals surface area contributed by atoms with Gasteiger partial charge in [-0.1, -0.05) is 26.7 Å². The first-order valence-electron chi connectivity index (χ1n) is 7.01. The number of hydrogen-bond donors (Lipinski definition) is 2. The summed E-state index contributed by atoms with van der Waals surface area (Å²) in [4.78, 5) is 0. The molecule has 0 fully saturated rings. The fourth-order valence-corrected chi connectivity index (χ4v) is 2.47. The second kappa shape index (κ2) is 6.95. The van der Waals surface area contributed by atoms with Crippen molar-refractivity contribution in [3.8, 4) is 0 Å². The highest BCUT2D eigenvalue weighted by atomic mass is 16.3. The van der Waals surface area contributed by atoms with Crippen LogP contribution in [0.15, 0.2) is 6.07 Å². The Morgan fingerprint density at radius 3 is 2.33 bits per heavy atom. The van der Waals surface area contributed by atoms with Crippen molar-refractivity contribution in [1.82, 2.24) is 9.88 Å². The SMILES string of the molecule is CCC(CC)C(O)CNCc1cc(C)n(C)c1C. The maximum absolute atomic E-state index is 10.0. The molecule has 1 aromatic heterocycles. The van der Waals surface area contributed by atoms with Crippen molar-refractivity contribution >= 4 is 0 Å². The van der Waals surface area contributed by atoms with Crippen LogP contribution in [0.5, 0.6) is 0 Å². The van der Waals surface area contributed by atoms with Gasteiger partial charge in [0.2, 0.25) is 0 Å². The Balaban J connectivity index is 2.44. The number of nitrogens with one attached hydrogen (secondary N) is 1. The van der Waals surface area contributed by atoms with E-state index in [1.165, 1.54) is 17.0 Å². The molecule has 0 aliphatic rings. The van der Waals surface area contributed by atoms with Crippen molar-refractivity contribution in [1.29, 1.82) is 0 Å². The topological polar surface area (TPSA) is 37.2 Å². The van der Waals surface area contributed by atoms with E-state index >= 15 is 0 Å². The van der Waals surface area contributed by atoms with Crippen LogP contribution in [0.1, 0.15) is 43.6 Å². The van der Waals surface area contributed by atoms with Gasteiger partial charge in [0.15, 0.2) is 0 Å². The summed E-state index contributed by atoms with van der Waals surface area (Å²) in [5, 5.41) is 13.4. The third kappa shape index (κ3) is 3.59. The van der Waals surface area contributed by atoms with Crippen molar-refractivity contribution in [2.24, 2.45) is 13.0 Å². The Kier molecular flexibility index (Phi) is 5.89. The zero-order chi connectivity index (χ0) is 13.7. The van der Waals surface area contributed by atoms with Crippen molar-refractivity contribution in [2.45, 2.75) is 53.2 Å². The highest BCUT2D eigenvalue weighted by Gasteiger charge is 2.15. The Bertz CT molecular complexity index is 367. The fraction of sp³-hybridized carbons (Fsp3) is 0.733. The molecule has 0 aromatic carbocycles. The highest BCUT2D eigenvalue weighted by molar-refractivity contribution is 5.26. The first-order valence-corrected chi connectivity index (χ1v) is 7.01. The van der Waals surface area contributed by atoms with Crippen LogP contribution in [0.4, 0.5) is 0 Å². The average molecular weight is 252 g/mol. The number of rotatable bonds is 7. The molecule has 0 aliphatic carbocycles. The number of hydrogen-bond acceptors (Lipinski definition) is 2. The third-order valence-corrected chi connectivity index (χ3v) is 4.14. The summed E-state index contributed by atoms with van der Waals surface area (Å²) in [5.74, 6) is 0.413. The lowest BCUT2D eigenvalue weighted by Crippen LogP contribution is -2.32. The van der Waals surface area contributed by atoms with Gasteiger partial charge in [-0.15, -0.1) is 0 Å². The van der Waals surface area contributed by atoms with Crippen LogP contribution in [0.3, 0.4) is 0 Å². The van der Waals surface area contributed by atoms with Gasteiger partial charge in [0, 0.05) is 31.5 Å². The monoisotopic (exact) mass is 252 g/mol. The zero-order valence-corrected chi connectivity index (χ0v) is 12.5. The predicted octanol–water partition coefficient (Wildman–Crippen LogP) is 2.53. The van der Waals surface area contributed by atoms with Crippen LogP contribution < -0.4 is 5.32 Å². The summed E-state index contributed by atoms with van der Waals surface area (Å²) >= 11 is 0. The van der Waals surface area contributed by atoms with Gasteiger partial charge >= 0.3 is 0 Å². The summed E-state index contributed by atoms with van der Waals surface area (Å²) < 4.78 is 2.20.